The van der Waals surface area contributed by atoms with Gasteiger partial charge in [-0.3, -0.25) is 4.79 Å². The molecule has 0 spiro atoms. The van der Waals surface area contributed by atoms with E-state index in [9.17, 15) is 18.0 Å². The maximum atomic E-state index is 12.3. The van der Waals surface area contributed by atoms with Crippen LogP contribution in [0.5, 0.6) is 5.75 Å². The lowest BCUT2D eigenvalue weighted by Gasteiger charge is -2.16. The van der Waals surface area contributed by atoms with Gasteiger partial charge in [-0.1, -0.05) is 15.9 Å². The predicted octanol–water partition coefficient (Wildman–Crippen LogP) is 3.81. The van der Waals surface area contributed by atoms with E-state index in [1.54, 1.807) is 0 Å². The van der Waals surface area contributed by atoms with Gasteiger partial charge in [0.1, 0.15) is 12.4 Å². The maximum absolute atomic E-state index is 12.3. The summed E-state index contributed by atoms with van der Waals surface area (Å²) < 4.78 is 42.2. The van der Waals surface area contributed by atoms with E-state index in [-0.39, 0.29) is 11.3 Å². The predicted molar refractivity (Wildman–Crippen MR) is 60.7 cm³/mol. The Morgan fingerprint density at radius 1 is 1.47 bits per heavy atom. The lowest BCUT2D eigenvalue weighted by Crippen LogP contribution is -2.28. The minimum Gasteiger partial charge on any atom is -0.481 e. The van der Waals surface area contributed by atoms with Crippen molar-refractivity contribution in [2.24, 2.45) is 0 Å². The minimum absolute atomic E-state index is 0.0889. The first-order chi connectivity index (χ1) is 7.95. The molecule has 0 saturated carbocycles. The molecule has 0 aromatic heterocycles. The Morgan fingerprint density at radius 2 is 2.12 bits per heavy atom. The van der Waals surface area contributed by atoms with Gasteiger partial charge in [-0.2, -0.15) is 0 Å². The molecular formula is C10H7BrClF3O2. The zero-order valence-electron chi connectivity index (χ0n) is 8.30. The van der Waals surface area contributed by atoms with Crippen molar-refractivity contribution in [3.05, 3.63) is 28.2 Å². The highest BCUT2D eigenvalue weighted by Crippen LogP contribution is 2.27. The third-order valence-corrected chi connectivity index (χ3v) is 2.56. The Kier molecular flexibility index (Phi) is 5.27. The molecule has 0 bridgehead atoms. The zero-order chi connectivity index (χ0) is 13.0. The number of ether oxygens (including phenoxy) is 1. The molecule has 0 fully saturated rings. The third kappa shape index (κ3) is 3.89. The van der Waals surface area contributed by atoms with E-state index < -0.39 is 24.4 Å². The second-order valence-electron chi connectivity index (χ2n) is 3.06. The molecule has 0 radical (unpaired) electrons. The van der Waals surface area contributed by atoms with E-state index >= 15 is 0 Å². The quantitative estimate of drug-likeness (QED) is 0.767. The van der Waals surface area contributed by atoms with Crippen molar-refractivity contribution < 1.29 is 22.7 Å². The van der Waals surface area contributed by atoms with E-state index in [0.717, 1.165) is 0 Å². The Morgan fingerprint density at radius 3 is 2.59 bits per heavy atom. The Hall–Kier alpha value is -0.750. The zero-order valence-corrected chi connectivity index (χ0v) is 10.6. The van der Waals surface area contributed by atoms with Crippen molar-refractivity contribution in [1.82, 2.24) is 0 Å². The van der Waals surface area contributed by atoms with E-state index in [0.29, 0.717) is 4.47 Å². The van der Waals surface area contributed by atoms with E-state index in [1.165, 1.54) is 18.2 Å². The number of alkyl halides is 3. The Balaban J connectivity index is 3.03. The number of hydrogen-bond donors (Lipinski definition) is 0. The molecule has 2 nitrogen and oxygen atoms in total. The number of halogens is 5. The molecule has 0 heterocycles. The molecule has 94 valence electrons. The number of carbonyl (C=O) groups is 1. The molecule has 1 aromatic carbocycles. The molecule has 0 aliphatic heterocycles. The van der Waals surface area contributed by atoms with Crippen molar-refractivity contribution in [1.29, 1.82) is 0 Å². The molecule has 0 amide bonds. The topological polar surface area (TPSA) is 26.3 Å². The highest BCUT2D eigenvalue weighted by molar-refractivity contribution is 9.10. The van der Waals surface area contributed by atoms with Crippen LogP contribution >= 0.6 is 27.5 Å². The smallest absolute Gasteiger partial charge is 0.277 e. The molecular weight excluding hydrogens is 324 g/mol. The summed E-state index contributed by atoms with van der Waals surface area (Å²) in [6.07, 6.45) is -4.91. The second kappa shape index (κ2) is 6.26. The van der Waals surface area contributed by atoms with Gasteiger partial charge in [-0.25, -0.2) is 13.2 Å². The van der Waals surface area contributed by atoms with Crippen LogP contribution in [-0.4, -0.2) is 24.4 Å². The van der Waals surface area contributed by atoms with Crippen molar-refractivity contribution >= 4 is 32.8 Å². The summed E-state index contributed by atoms with van der Waals surface area (Å²) in [6.45, 7) is -1.36. The second-order valence-corrected chi connectivity index (χ2v) is 4.32. The van der Waals surface area contributed by atoms with Gasteiger partial charge >= 0.3 is 0 Å². The monoisotopic (exact) mass is 330 g/mol. The van der Waals surface area contributed by atoms with Crippen LogP contribution in [0.3, 0.4) is 0 Å². The molecule has 0 saturated heterocycles. The molecule has 0 aliphatic rings. The van der Waals surface area contributed by atoms with Crippen LogP contribution in [-0.2, 0) is 0 Å². The summed E-state index contributed by atoms with van der Waals surface area (Å²) >= 11 is 8.33. The van der Waals surface area contributed by atoms with E-state index in [1.807, 2.05) is 0 Å². The summed E-state index contributed by atoms with van der Waals surface area (Å²) in [5.74, 6) is -0.178. The summed E-state index contributed by atoms with van der Waals surface area (Å²) in [6, 6.07) is 4.07. The van der Waals surface area contributed by atoms with Gasteiger partial charge in [0.2, 0.25) is 0 Å². The lowest BCUT2D eigenvalue weighted by molar-refractivity contribution is -0.00152. The van der Waals surface area contributed by atoms with Crippen LogP contribution in [0.1, 0.15) is 10.4 Å². The highest BCUT2D eigenvalue weighted by Gasteiger charge is 2.24. The van der Waals surface area contributed by atoms with Crippen LogP contribution in [0, 0.1) is 0 Å². The van der Waals surface area contributed by atoms with E-state index in [2.05, 4.69) is 15.9 Å². The van der Waals surface area contributed by atoms with Gasteiger partial charge in [0.15, 0.2) is 6.10 Å². The summed E-state index contributed by atoms with van der Waals surface area (Å²) in [7, 11) is 0. The van der Waals surface area contributed by atoms with Gasteiger partial charge in [0.25, 0.3) is 11.7 Å². The van der Waals surface area contributed by atoms with Crippen molar-refractivity contribution in [2.45, 2.75) is 12.5 Å². The Bertz CT molecular complexity index is 415. The van der Waals surface area contributed by atoms with Gasteiger partial charge in [0, 0.05) is 4.47 Å². The summed E-state index contributed by atoms with van der Waals surface area (Å²) in [5, 5.41) is -0.862. The number of rotatable bonds is 5. The molecule has 1 atom stereocenters. The summed E-state index contributed by atoms with van der Waals surface area (Å²) in [5.41, 5.74) is -0.0889. The first kappa shape index (κ1) is 14.3. The highest BCUT2D eigenvalue weighted by atomic mass is 79.9. The van der Waals surface area contributed by atoms with Gasteiger partial charge in [0.05, 0.1) is 5.56 Å². The number of hydrogen-bond acceptors (Lipinski definition) is 2. The molecule has 1 aromatic rings. The van der Waals surface area contributed by atoms with E-state index in [4.69, 9.17) is 16.3 Å². The van der Waals surface area contributed by atoms with Crippen LogP contribution in [0.15, 0.2) is 22.7 Å². The normalized spacial score (nSPS) is 12.6. The molecule has 0 aliphatic carbocycles. The van der Waals surface area contributed by atoms with Crippen LogP contribution in [0.2, 0.25) is 0 Å². The fraction of sp³-hybridized carbons (Fsp3) is 0.300. The first-order valence-corrected chi connectivity index (χ1v) is 5.63. The lowest BCUT2D eigenvalue weighted by atomic mass is 10.2. The fourth-order valence-electron chi connectivity index (χ4n) is 1.07. The SMILES string of the molecule is O=C(Cl)c1ccc(Br)cc1O[C@@H](CF)C(F)F. The van der Waals surface area contributed by atoms with Crippen molar-refractivity contribution in [3.8, 4) is 5.75 Å². The molecule has 0 unspecified atom stereocenters. The van der Waals surface area contributed by atoms with Crippen LogP contribution in [0.25, 0.3) is 0 Å². The standard InChI is InChI=1S/C10H7BrClF3O2/c11-5-1-2-6(9(12)16)7(3-5)17-8(4-13)10(14)15/h1-3,8,10H,4H2/t8-/m0/s1. The number of benzene rings is 1. The molecule has 0 N–H and O–H groups in total. The maximum Gasteiger partial charge on any atom is 0.277 e. The van der Waals surface area contributed by atoms with Gasteiger partial charge in [-0.05, 0) is 29.8 Å². The largest absolute Gasteiger partial charge is 0.481 e. The summed E-state index contributed by atoms with van der Waals surface area (Å²) in [4.78, 5) is 11.0. The fourth-order valence-corrected chi connectivity index (χ4v) is 1.57. The van der Waals surface area contributed by atoms with Crippen molar-refractivity contribution in [2.75, 3.05) is 6.67 Å². The average Bonchev–Trinajstić information content (AvgIpc) is 2.25. The van der Waals surface area contributed by atoms with Gasteiger partial charge < -0.3 is 4.74 Å². The minimum atomic E-state index is -2.99. The van der Waals surface area contributed by atoms with Crippen molar-refractivity contribution in [3.63, 3.8) is 0 Å². The van der Waals surface area contributed by atoms with Crippen LogP contribution in [0.4, 0.5) is 13.2 Å². The Labute approximate surface area is 109 Å². The molecule has 17 heavy (non-hydrogen) atoms. The first-order valence-electron chi connectivity index (χ1n) is 4.46. The van der Waals surface area contributed by atoms with Gasteiger partial charge in [-0.15, -0.1) is 0 Å². The average molecular weight is 332 g/mol. The molecule has 7 heteroatoms. The number of carbonyl (C=O) groups excluding carboxylic acids is 1. The molecule has 1 rings (SSSR count). The third-order valence-electron chi connectivity index (χ3n) is 1.87. The van der Waals surface area contributed by atoms with Crippen LogP contribution < -0.4 is 4.74 Å².